The van der Waals surface area contributed by atoms with Crippen molar-refractivity contribution in [3.8, 4) is 5.75 Å². The largest absolute Gasteiger partial charge is 0.496 e. The van der Waals surface area contributed by atoms with Gasteiger partial charge in [-0.1, -0.05) is 44.0 Å². The Labute approximate surface area is 130 Å². The van der Waals surface area contributed by atoms with Crippen LogP contribution in [0.3, 0.4) is 0 Å². The van der Waals surface area contributed by atoms with E-state index in [-0.39, 0.29) is 6.04 Å². The van der Waals surface area contributed by atoms with Crippen LogP contribution in [-0.2, 0) is 0 Å². The van der Waals surface area contributed by atoms with E-state index < -0.39 is 0 Å². The summed E-state index contributed by atoms with van der Waals surface area (Å²) in [5.74, 6) is 0.881. The van der Waals surface area contributed by atoms with Crippen LogP contribution in [0.25, 0.3) is 0 Å². The molecule has 1 unspecified atom stereocenters. The fourth-order valence-electron chi connectivity index (χ4n) is 2.04. The number of nitrogens with two attached hydrogens (primary N) is 1. The first-order valence-electron chi connectivity index (χ1n) is 5.87. The van der Waals surface area contributed by atoms with Gasteiger partial charge in [-0.3, -0.25) is 0 Å². The molecular formula is C15H15Br2NO. The number of methoxy groups -OCH3 is 1. The second kappa shape index (κ2) is 6.07. The Balaban J connectivity index is 2.38. The van der Waals surface area contributed by atoms with Crippen LogP contribution in [0.2, 0.25) is 0 Å². The quantitative estimate of drug-likeness (QED) is 0.840. The highest BCUT2D eigenvalue weighted by Crippen LogP contribution is 2.29. The van der Waals surface area contributed by atoms with Gasteiger partial charge in [0.1, 0.15) is 5.75 Å². The minimum atomic E-state index is -0.154. The van der Waals surface area contributed by atoms with Crippen LogP contribution < -0.4 is 10.5 Å². The van der Waals surface area contributed by atoms with Gasteiger partial charge in [0.2, 0.25) is 0 Å². The Morgan fingerprint density at radius 2 is 1.63 bits per heavy atom. The van der Waals surface area contributed by atoms with Crippen molar-refractivity contribution in [1.29, 1.82) is 0 Å². The molecule has 19 heavy (non-hydrogen) atoms. The Bertz CT molecular complexity index is 578. The van der Waals surface area contributed by atoms with E-state index in [1.165, 1.54) is 0 Å². The zero-order valence-corrected chi connectivity index (χ0v) is 14.0. The third-order valence-electron chi connectivity index (χ3n) is 3.02. The summed E-state index contributed by atoms with van der Waals surface area (Å²) in [6.07, 6.45) is 0. The van der Waals surface area contributed by atoms with E-state index in [0.29, 0.717) is 0 Å². The van der Waals surface area contributed by atoms with E-state index in [1.807, 2.05) is 37.3 Å². The third-order valence-corrected chi connectivity index (χ3v) is 3.94. The molecule has 2 N–H and O–H groups in total. The van der Waals surface area contributed by atoms with Crippen LogP contribution in [-0.4, -0.2) is 7.11 Å². The summed E-state index contributed by atoms with van der Waals surface area (Å²) in [4.78, 5) is 0. The van der Waals surface area contributed by atoms with Crippen LogP contribution in [0.5, 0.6) is 5.75 Å². The summed E-state index contributed by atoms with van der Waals surface area (Å²) in [5.41, 5.74) is 9.55. The predicted octanol–water partition coefficient (Wildman–Crippen LogP) is 4.58. The predicted molar refractivity (Wildman–Crippen MR) is 85.6 cm³/mol. The summed E-state index contributed by atoms with van der Waals surface area (Å²) >= 11 is 6.97. The number of aryl methyl sites for hydroxylation is 1. The van der Waals surface area contributed by atoms with Crippen molar-refractivity contribution in [3.05, 3.63) is 62.0 Å². The van der Waals surface area contributed by atoms with Crippen LogP contribution in [0.1, 0.15) is 22.7 Å². The fraction of sp³-hybridized carbons (Fsp3) is 0.200. The molecule has 0 aliphatic heterocycles. The molecule has 2 rings (SSSR count). The molecule has 4 heteroatoms. The van der Waals surface area contributed by atoms with E-state index in [9.17, 15) is 0 Å². The SMILES string of the molecule is COc1ccc(C(N)c2cc(Br)cc(Br)c2)cc1C. The van der Waals surface area contributed by atoms with Gasteiger partial charge in [0.25, 0.3) is 0 Å². The molecule has 0 fully saturated rings. The van der Waals surface area contributed by atoms with E-state index >= 15 is 0 Å². The second-order valence-corrected chi connectivity index (χ2v) is 6.24. The van der Waals surface area contributed by atoms with Crippen molar-refractivity contribution < 1.29 is 4.74 Å². The number of ether oxygens (including phenoxy) is 1. The lowest BCUT2D eigenvalue weighted by Crippen LogP contribution is -2.12. The van der Waals surface area contributed by atoms with Gasteiger partial charge < -0.3 is 10.5 Å². The highest BCUT2D eigenvalue weighted by molar-refractivity contribution is 9.11. The van der Waals surface area contributed by atoms with Crippen molar-refractivity contribution >= 4 is 31.9 Å². The first-order valence-corrected chi connectivity index (χ1v) is 7.46. The maximum absolute atomic E-state index is 6.33. The van der Waals surface area contributed by atoms with E-state index in [0.717, 1.165) is 31.4 Å². The summed E-state index contributed by atoms with van der Waals surface area (Å²) in [7, 11) is 1.67. The Hall–Kier alpha value is -0.840. The molecule has 0 aliphatic rings. The number of halogens is 2. The molecule has 0 saturated carbocycles. The lowest BCUT2D eigenvalue weighted by Gasteiger charge is -2.15. The molecule has 0 amide bonds. The molecule has 100 valence electrons. The maximum atomic E-state index is 6.33. The van der Waals surface area contributed by atoms with Gasteiger partial charge >= 0.3 is 0 Å². The smallest absolute Gasteiger partial charge is 0.121 e. The van der Waals surface area contributed by atoms with Crippen molar-refractivity contribution in [1.82, 2.24) is 0 Å². The maximum Gasteiger partial charge on any atom is 0.121 e. The Morgan fingerprint density at radius 3 is 2.16 bits per heavy atom. The second-order valence-electron chi connectivity index (χ2n) is 4.41. The van der Waals surface area contributed by atoms with Gasteiger partial charge in [-0.15, -0.1) is 0 Å². The summed E-state index contributed by atoms with van der Waals surface area (Å²) in [6.45, 7) is 2.02. The molecule has 2 aromatic carbocycles. The lowest BCUT2D eigenvalue weighted by atomic mass is 9.98. The lowest BCUT2D eigenvalue weighted by molar-refractivity contribution is 0.411. The summed E-state index contributed by atoms with van der Waals surface area (Å²) in [6, 6.07) is 11.9. The molecule has 0 heterocycles. The van der Waals surface area contributed by atoms with Gasteiger partial charge in [0.15, 0.2) is 0 Å². The fourth-order valence-corrected chi connectivity index (χ4v) is 3.37. The van der Waals surface area contributed by atoms with Crippen LogP contribution in [0, 0.1) is 6.92 Å². The van der Waals surface area contributed by atoms with Crippen molar-refractivity contribution in [2.75, 3.05) is 7.11 Å². The first kappa shape index (κ1) is 14.6. The van der Waals surface area contributed by atoms with Crippen LogP contribution >= 0.6 is 31.9 Å². The first-order chi connectivity index (χ1) is 9.01. The normalized spacial score (nSPS) is 12.3. The van der Waals surface area contributed by atoms with Gasteiger partial charge in [-0.25, -0.2) is 0 Å². The van der Waals surface area contributed by atoms with Crippen molar-refractivity contribution in [2.45, 2.75) is 13.0 Å². The summed E-state index contributed by atoms with van der Waals surface area (Å²) in [5, 5.41) is 0. The van der Waals surface area contributed by atoms with Crippen molar-refractivity contribution in [2.24, 2.45) is 5.73 Å². The Morgan fingerprint density at radius 1 is 1.00 bits per heavy atom. The molecule has 0 aliphatic carbocycles. The van der Waals surface area contributed by atoms with Gasteiger partial charge in [-0.2, -0.15) is 0 Å². The zero-order valence-electron chi connectivity index (χ0n) is 10.8. The van der Waals surface area contributed by atoms with E-state index in [4.69, 9.17) is 10.5 Å². The average Bonchev–Trinajstić information content (AvgIpc) is 2.36. The van der Waals surface area contributed by atoms with Crippen molar-refractivity contribution in [3.63, 3.8) is 0 Å². The van der Waals surface area contributed by atoms with Gasteiger partial charge in [-0.05, 0) is 47.9 Å². The molecule has 2 aromatic rings. The monoisotopic (exact) mass is 383 g/mol. The molecule has 0 radical (unpaired) electrons. The van der Waals surface area contributed by atoms with E-state index in [1.54, 1.807) is 7.11 Å². The minimum Gasteiger partial charge on any atom is -0.496 e. The highest BCUT2D eigenvalue weighted by Gasteiger charge is 2.12. The van der Waals surface area contributed by atoms with Gasteiger partial charge in [0.05, 0.1) is 13.2 Å². The molecular weight excluding hydrogens is 370 g/mol. The average molecular weight is 385 g/mol. The standard InChI is InChI=1S/C15H15Br2NO/c1-9-5-10(3-4-14(9)19-2)15(18)11-6-12(16)8-13(17)7-11/h3-8,15H,18H2,1-2H3. The molecule has 2 nitrogen and oxygen atoms in total. The topological polar surface area (TPSA) is 35.2 Å². The molecule has 0 spiro atoms. The number of rotatable bonds is 3. The number of benzene rings is 2. The molecule has 0 aromatic heterocycles. The third kappa shape index (κ3) is 3.38. The van der Waals surface area contributed by atoms with Gasteiger partial charge in [0, 0.05) is 8.95 Å². The minimum absolute atomic E-state index is 0.154. The molecule has 0 bridgehead atoms. The zero-order chi connectivity index (χ0) is 14.0. The summed E-state index contributed by atoms with van der Waals surface area (Å²) < 4.78 is 7.29. The van der Waals surface area contributed by atoms with E-state index in [2.05, 4.69) is 37.9 Å². The highest BCUT2D eigenvalue weighted by atomic mass is 79.9. The number of hydrogen-bond acceptors (Lipinski definition) is 2. The molecule has 1 atom stereocenters. The Kier molecular flexibility index (Phi) is 4.66. The molecule has 0 saturated heterocycles. The van der Waals surface area contributed by atoms with Crippen LogP contribution in [0.4, 0.5) is 0 Å². The van der Waals surface area contributed by atoms with Crippen LogP contribution in [0.15, 0.2) is 45.3 Å². The number of hydrogen-bond donors (Lipinski definition) is 1.